The average Bonchev–Trinajstić information content (AvgIpc) is 2.96. The Balaban J connectivity index is 1.91. The first-order valence-corrected chi connectivity index (χ1v) is 7.64. The second-order valence-corrected chi connectivity index (χ2v) is 5.94. The normalized spacial score (nSPS) is 12.1. The minimum Gasteiger partial charge on any atom is -0.606 e. The Kier molecular flexibility index (Phi) is 3.99. The van der Waals surface area contributed by atoms with Gasteiger partial charge in [0, 0.05) is 17.2 Å². The van der Waals surface area contributed by atoms with Gasteiger partial charge in [-0.3, -0.25) is 5.32 Å². The molecule has 1 amide bonds. The standard InChI is InChI=1S/C15H13N3O3S/c1-21-15(19)18-14-16-12-8-7-11(9-13(12)17-14)22(20)10-5-3-2-4-6-10/h2-9H,1H3,(H2,16,17,18,19). The van der Waals surface area contributed by atoms with Crippen molar-refractivity contribution < 1.29 is 14.1 Å². The summed E-state index contributed by atoms with van der Waals surface area (Å²) in [5, 5.41) is 2.46. The number of fused-ring (bicyclic) bond motifs is 1. The van der Waals surface area contributed by atoms with Crippen LogP contribution in [0.3, 0.4) is 0 Å². The van der Waals surface area contributed by atoms with E-state index in [9.17, 15) is 9.35 Å². The minimum absolute atomic E-state index is 0.282. The van der Waals surface area contributed by atoms with Crippen LogP contribution in [0.25, 0.3) is 11.0 Å². The van der Waals surface area contributed by atoms with Crippen molar-refractivity contribution >= 4 is 34.3 Å². The summed E-state index contributed by atoms with van der Waals surface area (Å²) in [4.78, 5) is 19.7. The van der Waals surface area contributed by atoms with E-state index < -0.39 is 17.3 Å². The second-order valence-electron chi connectivity index (χ2n) is 4.46. The van der Waals surface area contributed by atoms with Gasteiger partial charge in [0.15, 0.2) is 9.79 Å². The van der Waals surface area contributed by atoms with Gasteiger partial charge in [0.05, 0.1) is 18.1 Å². The molecule has 0 spiro atoms. The van der Waals surface area contributed by atoms with E-state index >= 15 is 0 Å². The predicted molar refractivity (Wildman–Crippen MR) is 83.2 cm³/mol. The highest BCUT2D eigenvalue weighted by Gasteiger charge is 2.16. The van der Waals surface area contributed by atoms with Crippen LogP contribution in [-0.2, 0) is 15.9 Å². The number of carbonyl (C=O) groups is 1. The van der Waals surface area contributed by atoms with E-state index in [4.69, 9.17) is 0 Å². The third-order valence-electron chi connectivity index (χ3n) is 3.03. The minimum atomic E-state index is -1.27. The van der Waals surface area contributed by atoms with Gasteiger partial charge in [0.2, 0.25) is 5.95 Å². The van der Waals surface area contributed by atoms with Crippen molar-refractivity contribution in [3.05, 3.63) is 48.5 Å². The summed E-state index contributed by atoms with van der Waals surface area (Å²) in [6.45, 7) is 0. The average molecular weight is 315 g/mol. The lowest BCUT2D eigenvalue weighted by Crippen LogP contribution is -2.11. The van der Waals surface area contributed by atoms with Crippen molar-refractivity contribution in [2.24, 2.45) is 0 Å². The molecule has 0 bridgehead atoms. The maximum atomic E-state index is 12.5. The topological polar surface area (TPSA) is 90.1 Å². The summed E-state index contributed by atoms with van der Waals surface area (Å²) in [5.41, 5.74) is 1.35. The number of ether oxygens (including phenoxy) is 1. The number of hydrogen-bond donors (Lipinski definition) is 2. The molecular formula is C15H13N3O3S. The molecule has 3 rings (SSSR count). The molecule has 0 radical (unpaired) electrons. The number of nitrogens with one attached hydrogen (secondary N) is 2. The van der Waals surface area contributed by atoms with E-state index in [0.29, 0.717) is 15.9 Å². The van der Waals surface area contributed by atoms with Gasteiger partial charge in [-0.2, -0.15) is 0 Å². The van der Waals surface area contributed by atoms with Gasteiger partial charge >= 0.3 is 6.09 Å². The number of hydrogen-bond acceptors (Lipinski definition) is 4. The number of aromatic amines is 1. The number of nitrogens with zero attached hydrogens (tertiary/aromatic N) is 1. The highest BCUT2D eigenvalue weighted by atomic mass is 32.2. The summed E-state index contributed by atoms with van der Waals surface area (Å²) in [6, 6.07) is 14.5. The molecule has 2 aromatic carbocycles. The van der Waals surface area contributed by atoms with E-state index in [-0.39, 0.29) is 5.95 Å². The number of carbonyl (C=O) groups excluding carboxylic acids is 1. The van der Waals surface area contributed by atoms with E-state index in [0.717, 1.165) is 4.90 Å². The summed E-state index contributed by atoms with van der Waals surface area (Å²) in [5.74, 6) is 0.282. The Morgan fingerprint density at radius 3 is 2.73 bits per heavy atom. The summed E-state index contributed by atoms with van der Waals surface area (Å²) in [7, 11) is 1.28. The molecule has 1 aromatic heterocycles. The molecule has 0 saturated carbocycles. The first-order chi connectivity index (χ1) is 10.7. The third-order valence-corrected chi connectivity index (χ3v) is 4.41. The van der Waals surface area contributed by atoms with Crippen molar-refractivity contribution in [1.29, 1.82) is 0 Å². The van der Waals surface area contributed by atoms with Crippen LogP contribution in [0.2, 0.25) is 0 Å². The molecule has 112 valence electrons. The molecule has 1 atom stereocenters. The van der Waals surface area contributed by atoms with E-state index in [1.165, 1.54) is 7.11 Å². The summed E-state index contributed by atoms with van der Waals surface area (Å²) >= 11 is -1.27. The quantitative estimate of drug-likeness (QED) is 0.727. The fourth-order valence-electron chi connectivity index (χ4n) is 1.99. The molecule has 22 heavy (non-hydrogen) atoms. The number of methoxy groups -OCH3 is 1. The van der Waals surface area contributed by atoms with Crippen molar-refractivity contribution in [2.45, 2.75) is 9.79 Å². The van der Waals surface area contributed by atoms with Gasteiger partial charge in [-0.05, 0) is 24.3 Å². The lowest BCUT2D eigenvalue weighted by molar-refractivity contribution is 0.186. The van der Waals surface area contributed by atoms with Crippen molar-refractivity contribution in [3.63, 3.8) is 0 Å². The van der Waals surface area contributed by atoms with Crippen LogP contribution in [0.1, 0.15) is 0 Å². The first-order valence-electron chi connectivity index (χ1n) is 6.49. The van der Waals surface area contributed by atoms with Gasteiger partial charge in [-0.25, -0.2) is 9.78 Å². The van der Waals surface area contributed by atoms with Crippen molar-refractivity contribution in [3.8, 4) is 0 Å². The molecule has 6 nitrogen and oxygen atoms in total. The molecule has 1 heterocycles. The van der Waals surface area contributed by atoms with Crippen LogP contribution >= 0.6 is 0 Å². The number of aromatic nitrogens is 2. The fraction of sp³-hybridized carbons (Fsp3) is 0.0667. The molecule has 0 fully saturated rings. The van der Waals surface area contributed by atoms with Crippen LogP contribution in [0.4, 0.5) is 10.7 Å². The molecular weight excluding hydrogens is 302 g/mol. The van der Waals surface area contributed by atoms with Gasteiger partial charge in [0.1, 0.15) is 0 Å². The maximum absolute atomic E-state index is 12.5. The lowest BCUT2D eigenvalue weighted by atomic mass is 10.3. The van der Waals surface area contributed by atoms with Gasteiger partial charge in [-0.1, -0.05) is 18.2 Å². The molecule has 0 aliphatic rings. The van der Waals surface area contributed by atoms with E-state index in [1.54, 1.807) is 18.2 Å². The Labute approximate surface area is 129 Å². The zero-order valence-electron chi connectivity index (χ0n) is 11.7. The van der Waals surface area contributed by atoms with Gasteiger partial charge in [0.25, 0.3) is 0 Å². The number of H-pyrrole nitrogens is 1. The monoisotopic (exact) mass is 315 g/mol. The van der Waals surface area contributed by atoms with Crippen LogP contribution in [0.5, 0.6) is 0 Å². The third kappa shape index (κ3) is 2.90. The van der Waals surface area contributed by atoms with E-state index in [2.05, 4.69) is 20.0 Å². The van der Waals surface area contributed by atoms with Crippen LogP contribution < -0.4 is 5.32 Å². The Morgan fingerprint density at radius 2 is 2.00 bits per heavy atom. The summed E-state index contributed by atoms with van der Waals surface area (Å²) < 4.78 is 17.0. The molecule has 0 aliphatic carbocycles. The second kappa shape index (κ2) is 6.08. The van der Waals surface area contributed by atoms with Crippen LogP contribution in [0.15, 0.2) is 58.3 Å². The number of rotatable bonds is 3. The molecule has 0 aliphatic heterocycles. The van der Waals surface area contributed by atoms with Crippen molar-refractivity contribution in [2.75, 3.05) is 12.4 Å². The number of benzene rings is 2. The SMILES string of the molecule is COC(=O)Nc1nc2ccc([S+]([O-])c3ccccc3)cc2[nH]1. The van der Waals surface area contributed by atoms with E-state index in [1.807, 2.05) is 30.3 Å². The lowest BCUT2D eigenvalue weighted by Gasteiger charge is -2.09. The Morgan fingerprint density at radius 1 is 1.23 bits per heavy atom. The van der Waals surface area contributed by atoms with Gasteiger partial charge < -0.3 is 14.3 Å². The molecule has 7 heteroatoms. The molecule has 0 saturated heterocycles. The maximum Gasteiger partial charge on any atom is 0.413 e. The Hall–Kier alpha value is -2.51. The highest BCUT2D eigenvalue weighted by molar-refractivity contribution is 7.91. The van der Waals surface area contributed by atoms with Gasteiger partial charge in [-0.15, -0.1) is 0 Å². The molecule has 1 unspecified atom stereocenters. The molecule has 2 N–H and O–H groups in total. The number of anilines is 1. The highest BCUT2D eigenvalue weighted by Crippen LogP contribution is 2.24. The van der Waals surface area contributed by atoms with Crippen LogP contribution in [-0.4, -0.2) is 27.7 Å². The smallest absolute Gasteiger partial charge is 0.413 e. The predicted octanol–water partition coefficient (Wildman–Crippen LogP) is 2.91. The summed E-state index contributed by atoms with van der Waals surface area (Å²) in [6.07, 6.45) is -0.604. The van der Waals surface area contributed by atoms with Crippen LogP contribution in [0, 0.1) is 0 Å². The zero-order valence-corrected chi connectivity index (χ0v) is 12.5. The number of amides is 1. The zero-order chi connectivity index (χ0) is 15.5. The van der Waals surface area contributed by atoms with Crippen molar-refractivity contribution in [1.82, 2.24) is 9.97 Å². The molecule has 3 aromatic rings. The number of imidazole rings is 1. The largest absolute Gasteiger partial charge is 0.606 e. The Bertz CT molecular complexity index is 804. The first kappa shape index (κ1) is 14.4. The fourth-order valence-corrected chi connectivity index (χ4v) is 3.08.